The number of benzene rings is 1. The molecule has 1 atom stereocenters. The van der Waals surface area contributed by atoms with E-state index in [4.69, 9.17) is 9.47 Å². The highest BCUT2D eigenvalue weighted by Gasteiger charge is 2.14. The van der Waals surface area contributed by atoms with Gasteiger partial charge in [0.05, 0.1) is 20.3 Å². The van der Waals surface area contributed by atoms with Gasteiger partial charge in [-0.25, -0.2) is 0 Å². The van der Waals surface area contributed by atoms with E-state index < -0.39 is 6.10 Å². The summed E-state index contributed by atoms with van der Waals surface area (Å²) >= 11 is 1.65. The molecule has 0 bridgehead atoms. The van der Waals surface area contributed by atoms with E-state index in [0.717, 1.165) is 10.4 Å². The van der Waals surface area contributed by atoms with Crippen molar-refractivity contribution in [2.75, 3.05) is 14.2 Å². The van der Waals surface area contributed by atoms with Crippen LogP contribution in [0.25, 0.3) is 0 Å². The normalized spacial score (nSPS) is 12.2. The van der Waals surface area contributed by atoms with E-state index in [1.807, 2.05) is 18.2 Å². The fourth-order valence-electron chi connectivity index (χ4n) is 2.10. The molecule has 1 N–H and O–H groups in total. The first-order valence-electron chi connectivity index (χ1n) is 6.51. The highest BCUT2D eigenvalue weighted by molar-refractivity contribution is 7.12. The van der Waals surface area contributed by atoms with Crippen molar-refractivity contribution in [1.82, 2.24) is 0 Å². The summed E-state index contributed by atoms with van der Waals surface area (Å²) in [5.41, 5.74) is 2.26. The van der Waals surface area contributed by atoms with Crippen molar-refractivity contribution >= 4 is 11.3 Å². The topological polar surface area (TPSA) is 38.7 Å². The van der Waals surface area contributed by atoms with E-state index in [1.165, 1.54) is 10.4 Å². The molecule has 1 aromatic carbocycles. The van der Waals surface area contributed by atoms with Crippen LogP contribution in [0.3, 0.4) is 0 Å². The smallest absolute Gasteiger partial charge is 0.160 e. The molecule has 0 saturated heterocycles. The minimum atomic E-state index is -0.481. The molecule has 0 aliphatic carbocycles. The average Bonchev–Trinajstić information content (AvgIpc) is 2.78. The number of hydrogen-bond donors (Lipinski definition) is 1. The number of rotatable bonds is 5. The van der Waals surface area contributed by atoms with Gasteiger partial charge in [0.15, 0.2) is 11.5 Å². The second-order valence-electron chi connectivity index (χ2n) is 4.80. The van der Waals surface area contributed by atoms with Gasteiger partial charge < -0.3 is 14.6 Å². The van der Waals surface area contributed by atoms with Crippen molar-refractivity contribution in [3.63, 3.8) is 0 Å². The first-order chi connectivity index (χ1) is 9.55. The van der Waals surface area contributed by atoms with Crippen LogP contribution >= 0.6 is 11.3 Å². The van der Waals surface area contributed by atoms with Crippen LogP contribution in [0.1, 0.15) is 27.0 Å². The van der Waals surface area contributed by atoms with Crippen molar-refractivity contribution in [3.05, 3.63) is 45.1 Å². The predicted molar refractivity (Wildman–Crippen MR) is 82.0 cm³/mol. The molecular weight excluding hydrogens is 272 g/mol. The number of aliphatic hydroxyl groups is 1. The van der Waals surface area contributed by atoms with E-state index in [0.29, 0.717) is 17.9 Å². The molecule has 1 unspecified atom stereocenters. The molecule has 0 aliphatic heterocycles. The number of thiophene rings is 1. The summed E-state index contributed by atoms with van der Waals surface area (Å²) in [4.78, 5) is 2.26. The van der Waals surface area contributed by atoms with Crippen LogP contribution in [0.4, 0.5) is 0 Å². The van der Waals surface area contributed by atoms with Gasteiger partial charge in [0, 0.05) is 16.2 Å². The van der Waals surface area contributed by atoms with Crippen LogP contribution < -0.4 is 9.47 Å². The lowest BCUT2D eigenvalue weighted by molar-refractivity contribution is 0.182. The molecule has 108 valence electrons. The Morgan fingerprint density at radius 1 is 1.10 bits per heavy atom. The summed E-state index contributed by atoms with van der Waals surface area (Å²) < 4.78 is 10.5. The molecule has 4 heteroatoms. The summed E-state index contributed by atoms with van der Waals surface area (Å²) in [6.07, 6.45) is 0.0882. The van der Waals surface area contributed by atoms with Crippen molar-refractivity contribution < 1.29 is 14.6 Å². The second kappa shape index (κ2) is 6.29. The maximum Gasteiger partial charge on any atom is 0.160 e. The zero-order valence-corrected chi connectivity index (χ0v) is 13.1. The van der Waals surface area contributed by atoms with Gasteiger partial charge >= 0.3 is 0 Å². The molecule has 0 amide bonds. The van der Waals surface area contributed by atoms with E-state index in [-0.39, 0.29) is 0 Å². The second-order valence-corrected chi connectivity index (χ2v) is 6.09. The van der Waals surface area contributed by atoms with E-state index in [9.17, 15) is 5.11 Å². The summed E-state index contributed by atoms with van der Waals surface area (Å²) in [6.45, 7) is 4.14. The Balaban J connectivity index is 2.17. The molecule has 0 spiro atoms. The number of aliphatic hydroxyl groups excluding tert-OH is 1. The van der Waals surface area contributed by atoms with Crippen molar-refractivity contribution in [2.24, 2.45) is 0 Å². The van der Waals surface area contributed by atoms with Crippen LogP contribution in [-0.4, -0.2) is 19.3 Å². The van der Waals surface area contributed by atoms with Crippen LogP contribution in [0.2, 0.25) is 0 Å². The monoisotopic (exact) mass is 292 g/mol. The maximum atomic E-state index is 10.3. The maximum absolute atomic E-state index is 10.3. The van der Waals surface area contributed by atoms with Crippen molar-refractivity contribution in [2.45, 2.75) is 26.4 Å². The fourth-order valence-corrected chi connectivity index (χ4v) is 3.13. The van der Waals surface area contributed by atoms with Crippen molar-refractivity contribution in [3.8, 4) is 11.5 Å². The van der Waals surface area contributed by atoms with Crippen LogP contribution in [-0.2, 0) is 6.42 Å². The number of aryl methyl sites for hydroxylation is 2. The molecule has 1 aromatic heterocycles. The Kier molecular flexibility index (Phi) is 4.68. The third-order valence-corrected chi connectivity index (χ3v) is 4.64. The Morgan fingerprint density at radius 3 is 2.35 bits per heavy atom. The van der Waals surface area contributed by atoms with Gasteiger partial charge in [-0.3, -0.25) is 0 Å². The van der Waals surface area contributed by atoms with E-state index >= 15 is 0 Å². The van der Waals surface area contributed by atoms with Gasteiger partial charge in [-0.1, -0.05) is 6.07 Å². The van der Waals surface area contributed by atoms with Crippen LogP contribution in [0.5, 0.6) is 11.5 Å². The minimum Gasteiger partial charge on any atom is -0.493 e. The zero-order chi connectivity index (χ0) is 14.7. The molecule has 0 radical (unpaired) electrons. The largest absolute Gasteiger partial charge is 0.493 e. The summed E-state index contributed by atoms with van der Waals surface area (Å²) in [7, 11) is 3.23. The first-order valence-corrected chi connectivity index (χ1v) is 7.32. The quantitative estimate of drug-likeness (QED) is 0.914. The van der Waals surface area contributed by atoms with Gasteiger partial charge in [-0.15, -0.1) is 11.3 Å². The number of hydrogen-bond acceptors (Lipinski definition) is 4. The molecule has 20 heavy (non-hydrogen) atoms. The average molecular weight is 292 g/mol. The van der Waals surface area contributed by atoms with Gasteiger partial charge in [-0.05, 0) is 43.2 Å². The van der Waals surface area contributed by atoms with Gasteiger partial charge in [0.2, 0.25) is 0 Å². The Bertz CT molecular complexity index is 570. The van der Waals surface area contributed by atoms with Crippen molar-refractivity contribution in [1.29, 1.82) is 0 Å². The molecule has 1 heterocycles. The zero-order valence-electron chi connectivity index (χ0n) is 12.3. The molecule has 3 nitrogen and oxygen atoms in total. The molecular formula is C16H20O3S. The summed E-state index contributed by atoms with van der Waals surface area (Å²) in [6, 6.07) is 7.80. The molecule has 0 aliphatic rings. The summed E-state index contributed by atoms with van der Waals surface area (Å²) in [5.74, 6) is 1.39. The number of methoxy groups -OCH3 is 2. The lowest BCUT2D eigenvalue weighted by Gasteiger charge is -2.12. The fraction of sp³-hybridized carbons (Fsp3) is 0.375. The Hall–Kier alpha value is -1.52. The lowest BCUT2D eigenvalue weighted by Crippen LogP contribution is -2.00. The standard InChI is InChI=1S/C16H20O3S/c1-10-7-16(20-11(10)2)13(17)8-12-5-6-14(18-3)15(9-12)19-4/h5-7,9,13,17H,8H2,1-4H3. The Labute approximate surface area is 123 Å². The molecule has 2 aromatic rings. The Morgan fingerprint density at radius 2 is 1.80 bits per heavy atom. The van der Waals surface area contributed by atoms with Gasteiger partial charge in [0.1, 0.15) is 0 Å². The highest BCUT2D eigenvalue weighted by atomic mass is 32.1. The van der Waals surface area contributed by atoms with E-state index in [2.05, 4.69) is 19.9 Å². The van der Waals surface area contributed by atoms with Crippen LogP contribution in [0.15, 0.2) is 24.3 Å². The molecule has 2 rings (SSSR count). The first kappa shape index (κ1) is 14.9. The van der Waals surface area contributed by atoms with Gasteiger partial charge in [0.25, 0.3) is 0 Å². The third kappa shape index (κ3) is 3.14. The minimum absolute atomic E-state index is 0.481. The predicted octanol–water partition coefficient (Wildman–Crippen LogP) is 3.66. The highest BCUT2D eigenvalue weighted by Crippen LogP contribution is 2.32. The van der Waals surface area contributed by atoms with Crippen LogP contribution in [0, 0.1) is 13.8 Å². The van der Waals surface area contributed by atoms with Gasteiger partial charge in [-0.2, -0.15) is 0 Å². The summed E-state index contributed by atoms with van der Waals surface area (Å²) in [5, 5.41) is 10.3. The third-order valence-electron chi connectivity index (χ3n) is 3.39. The lowest BCUT2D eigenvalue weighted by atomic mass is 10.1. The molecule has 0 fully saturated rings. The molecule has 0 saturated carbocycles. The van der Waals surface area contributed by atoms with E-state index in [1.54, 1.807) is 25.6 Å². The SMILES string of the molecule is COc1ccc(CC(O)c2cc(C)c(C)s2)cc1OC. The number of ether oxygens (including phenoxy) is 2.